The number of nitrogens with one attached hydrogen (secondary N) is 3. The average Bonchev–Trinajstić information content (AvgIpc) is 3.48. The largest absolute Gasteiger partial charge is 0.360 e. The first-order chi connectivity index (χ1) is 15.8. The Morgan fingerprint density at radius 1 is 0.719 bits per heavy atom. The van der Waals surface area contributed by atoms with Gasteiger partial charge in [0.2, 0.25) is 0 Å². The molecule has 5 aromatic rings. The van der Waals surface area contributed by atoms with Crippen LogP contribution in [0.4, 0.5) is 11.4 Å². The second-order valence-corrected chi connectivity index (χ2v) is 8.26. The number of aryl methyl sites for hydroxylation is 1. The SMILES string of the molecule is CCc1cccc(-c2nc3ccc(-c4ccc5c(c4)NC(c4ccccc4)N5)cc3[nH]2)c1. The number of benzene rings is 4. The molecule has 1 atom stereocenters. The van der Waals surface area contributed by atoms with Crippen LogP contribution in [0, 0.1) is 0 Å². The number of hydrogen-bond acceptors (Lipinski definition) is 3. The minimum atomic E-state index is 0.0954. The molecule has 1 unspecified atom stereocenters. The molecule has 0 saturated carbocycles. The quantitative estimate of drug-likeness (QED) is 0.296. The molecule has 2 heterocycles. The van der Waals surface area contributed by atoms with Crippen LogP contribution in [0.1, 0.15) is 24.2 Å². The number of H-pyrrole nitrogens is 1. The lowest BCUT2D eigenvalue weighted by Gasteiger charge is -2.12. The van der Waals surface area contributed by atoms with Crippen LogP contribution in [0.5, 0.6) is 0 Å². The first kappa shape index (κ1) is 18.7. The maximum Gasteiger partial charge on any atom is 0.138 e. The zero-order valence-corrected chi connectivity index (χ0v) is 17.9. The third-order valence-corrected chi connectivity index (χ3v) is 6.18. The van der Waals surface area contributed by atoms with Crippen molar-refractivity contribution in [3.8, 4) is 22.5 Å². The normalized spacial score (nSPS) is 14.7. The summed E-state index contributed by atoms with van der Waals surface area (Å²) in [5.74, 6) is 0.915. The number of aromatic amines is 1. The summed E-state index contributed by atoms with van der Waals surface area (Å²) in [5, 5.41) is 7.17. The topological polar surface area (TPSA) is 52.7 Å². The Morgan fingerprint density at radius 3 is 2.41 bits per heavy atom. The van der Waals surface area contributed by atoms with E-state index in [1.165, 1.54) is 22.3 Å². The Bertz CT molecular complexity index is 1420. The molecule has 0 bridgehead atoms. The van der Waals surface area contributed by atoms with Crippen molar-refractivity contribution in [1.29, 1.82) is 0 Å². The second kappa shape index (κ2) is 7.57. The van der Waals surface area contributed by atoms with E-state index in [4.69, 9.17) is 4.98 Å². The average molecular weight is 417 g/mol. The molecular formula is C28H24N4. The van der Waals surface area contributed by atoms with E-state index in [9.17, 15) is 0 Å². The fourth-order valence-electron chi connectivity index (χ4n) is 4.39. The fourth-order valence-corrected chi connectivity index (χ4v) is 4.39. The number of nitrogens with zero attached hydrogens (tertiary/aromatic N) is 1. The molecule has 6 rings (SSSR count). The summed E-state index contributed by atoms with van der Waals surface area (Å²) in [5.41, 5.74) is 10.3. The van der Waals surface area contributed by atoms with Gasteiger partial charge in [-0.15, -0.1) is 0 Å². The maximum atomic E-state index is 4.82. The Morgan fingerprint density at radius 2 is 1.53 bits per heavy atom. The zero-order chi connectivity index (χ0) is 21.5. The summed E-state index contributed by atoms with van der Waals surface area (Å²) < 4.78 is 0. The lowest BCUT2D eigenvalue weighted by molar-refractivity contribution is 0.941. The van der Waals surface area contributed by atoms with E-state index in [1.54, 1.807) is 0 Å². The van der Waals surface area contributed by atoms with E-state index in [-0.39, 0.29) is 6.17 Å². The predicted molar refractivity (Wildman–Crippen MR) is 133 cm³/mol. The molecule has 3 N–H and O–H groups in total. The summed E-state index contributed by atoms with van der Waals surface area (Å²) in [6.45, 7) is 2.17. The smallest absolute Gasteiger partial charge is 0.138 e. The van der Waals surface area contributed by atoms with Crippen LogP contribution in [0.3, 0.4) is 0 Å². The molecule has 0 fully saturated rings. The van der Waals surface area contributed by atoms with Crippen molar-refractivity contribution in [2.45, 2.75) is 19.5 Å². The predicted octanol–water partition coefficient (Wildman–Crippen LogP) is 7.00. The molecule has 1 aromatic heterocycles. The van der Waals surface area contributed by atoms with Crippen LogP contribution < -0.4 is 10.6 Å². The van der Waals surface area contributed by atoms with Crippen molar-refractivity contribution < 1.29 is 0 Å². The first-order valence-electron chi connectivity index (χ1n) is 11.1. The molecule has 0 saturated heterocycles. The van der Waals surface area contributed by atoms with Crippen LogP contribution >= 0.6 is 0 Å². The Kier molecular flexibility index (Phi) is 4.43. The van der Waals surface area contributed by atoms with Crippen molar-refractivity contribution in [2.75, 3.05) is 10.6 Å². The van der Waals surface area contributed by atoms with Gasteiger partial charge in [-0.1, -0.05) is 67.6 Å². The van der Waals surface area contributed by atoms with Crippen LogP contribution in [-0.4, -0.2) is 9.97 Å². The summed E-state index contributed by atoms with van der Waals surface area (Å²) in [4.78, 5) is 8.33. The van der Waals surface area contributed by atoms with Crippen molar-refractivity contribution >= 4 is 22.4 Å². The van der Waals surface area contributed by atoms with Crippen LogP contribution in [0.25, 0.3) is 33.5 Å². The molecule has 1 aliphatic rings. The highest BCUT2D eigenvalue weighted by molar-refractivity contribution is 5.87. The molecule has 0 spiro atoms. The summed E-state index contributed by atoms with van der Waals surface area (Å²) in [6.07, 6.45) is 1.11. The molecule has 1 aliphatic heterocycles. The maximum absolute atomic E-state index is 4.82. The third kappa shape index (κ3) is 3.30. The number of anilines is 2. The Labute approximate surface area is 187 Å². The zero-order valence-electron chi connectivity index (χ0n) is 17.9. The summed E-state index contributed by atoms with van der Waals surface area (Å²) in [6, 6.07) is 32.0. The van der Waals surface area contributed by atoms with E-state index in [1.807, 2.05) is 6.07 Å². The van der Waals surface area contributed by atoms with E-state index in [2.05, 4.69) is 107 Å². The minimum absolute atomic E-state index is 0.0954. The van der Waals surface area contributed by atoms with Gasteiger partial charge in [-0.3, -0.25) is 0 Å². The van der Waals surface area contributed by atoms with Crippen molar-refractivity contribution in [2.24, 2.45) is 0 Å². The molecule has 0 aliphatic carbocycles. The number of aromatic nitrogens is 2. The highest BCUT2D eigenvalue weighted by Gasteiger charge is 2.21. The first-order valence-corrected chi connectivity index (χ1v) is 11.1. The number of rotatable bonds is 4. The molecule has 32 heavy (non-hydrogen) atoms. The lowest BCUT2D eigenvalue weighted by atomic mass is 10.0. The van der Waals surface area contributed by atoms with Gasteiger partial charge in [0.25, 0.3) is 0 Å². The molecule has 4 heteroatoms. The summed E-state index contributed by atoms with van der Waals surface area (Å²) >= 11 is 0. The monoisotopic (exact) mass is 416 g/mol. The highest BCUT2D eigenvalue weighted by atomic mass is 15.2. The van der Waals surface area contributed by atoms with Gasteiger partial charge >= 0.3 is 0 Å². The van der Waals surface area contributed by atoms with E-state index in [0.29, 0.717) is 0 Å². The number of hydrogen-bond donors (Lipinski definition) is 3. The van der Waals surface area contributed by atoms with E-state index >= 15 is 0 Å². The number of fused-ring (bicyclic) bond motifs is 2. The molecule has 156 valence electrons. The fraction of sp³-hybridized carbons (Fsp3) is 0.107. The van der Waals surface area contributed by atoms with Gasteiger partial charge in [-0.25, -0.2) is 4.98 Å². The molecule has 4 aromatic carbocycles. The van der Waals surface area contributed by atoms with Crippen molar-refractivity contribution in [3.63, 3.8) is 0 Å². The third-order valence-electron chi connectivity index (χ3n) is 6.18. The molecule has 0 amide bonds. The molecule has 0 radical (unpaired) electrons. The molecule has 4 nitrogen and oxygen atoms in total. The minimum Gasteiger partial charge on any atom is -0.360 e. The van der Waals surface area contributed by atoms with Gasteiger partial charge in [0.05, 0.1) is 22.4 Å². The summed E-state index contributed by atoms with van der Waals surface area (Å²) in [7, 11) is 0. The highest BCUT2D eigenvalue weighted by Crippen LogP contribution is 2.38. The standard InChI is InChI=1S/C28H24N4/c1-2-18-7-6-10-22(15-18)28-30-24-14-12-21(17-26(24)32-28)20-11-13-23-25(16-20)31-27(29-23)19-8-4-3-5-9-19/h3-17,27,29,31H,2H2,1H3,(H,30,32). The van der Waals surface area contributed by atoms with Crippen molar-refractivity contribution in [1.82, 2.24) is 9.97 Å². The van der Waals surface area contributed by atoms with Gasteiger partial charge in [0, 0.05) is 5.56 Å². The van der Waals surface area contributed by atoms with E-state index in [0.717, 1.165) is 40.2 Å². The van der Waals surface area contributed by atoms with Crippen LogP contribution in [0.15, 0.2) is 91.0 Å². The van der Waals surface area contributed by atoms with E-state index < -0.39 is 0 Å². The van der Waals surface area contributed by atoms with Crippen molar-refractivity contribution in [3.05, 3.63) is 102 Å². The van der Waals surface area contributed by atoms with Gasteiger partial charge in [-0.2, -0.15) is 0 Å². The van der Waals surface area contributed by atoms with Crippen LogP contribution in [0.2, 0.25) is 0 Å². The Balaban J connectivity index is 1.31. The van der Waals surface area contributed by atoms with Gasteiger partial charge in [0.15, 0.2) is 0 Å². The lowest BCUT2D eigenvalue weighted by Crippen LogP contribution is -2.11. The van der Waals surface area contributed by atoms with Crippen LogP contribution in [-0.2, 0) is 6.42 Å². The Hall–Kier alpha value is -4.05. The molecular weight excluding hydrogens is 392 g/mol. The van der Waals surface area contributed by atoms with Gasteiger partial charge in [0.1, 0.15) is 12.0 Å². The van der Waals surface area contributed by atoms with Gasteiger partial charge < -0.3 is 15.6 Å². The number of imidazole rings is 1. The second-order valence-electron chi connectivity index (χ2n) is 8.26. The van der Waals surface area contributed by atoms with Gasteiger partial charge in [-0.05, 0) is 59.0 Å².